The molecule has 0 amide bonds. The molecule has 3 heteroatoms. The summed E-state index contributed by atoms with van der Waals surface area (Å²) in [6.07, 6.45) is 6.32. The fourth-order valence-corrected chi connectivity index (χ4v) is 2.97. The average molecular weight is 238 g/mol. The zero-order valence-electron chi connectivity index (χ0n) is 11.2. The number of aliphatic hydroxyl groups is 1. The number of nitrogens with zero attached hydrogens (tertiary/aromatic N) is 1. The van der Waals surface area contributed by atoms with Gasteiger partial charge in [0.2, 0.25) is 0 Å². The van der Waals surface area contributed by atoms with E-state index in [0.29, 0.717) is 11.8 Å². The van der Waals surface area contributed by atoms with Gasteiger partial charge in [0.15, 0.2) is 0 Å². The van der Waals surface area contributed by atoms with Gasteiger partial charge in [0.25, 0.3) is 0 Å². The minimum atomic E-state index is -0.326. The number of hydrogen-bond acceptors (Lipinski definition) is 3. The highest BCUT2D eigenvalue weighted by Crippen LogP contribution is 2.35. The van der Waals surface area contributed by atoms with Crippen LogP contribution < -0.4 is 5.32 Å². The smallest absolute Gasteiger partial charge is 0.107 e. The predicted molar refractivity (Wildman–Crippen MR) is 69.5 cm³/mol. The minimum Gasteiger partial charge on any atom is -0.396 e. The summed E-state index contributed by atoms with van der Waals surface area (Å²) in [6.45, 7) is 5.45. The van der Waals surface area contributed by atoms with Gasteiger partial charge in [-0.05, 0) is 44.1 Å². The third-order valence-electron chi connectivity index (χ3n) is 3.67. The molecular formula is C14H26N2O. The molecule has 0 aromatic carbocycles. The fourth-order valence-electron chi connectivity index (χ4n) is 2.97. The molecule has 3 nitrogen and oxygen atoms in total. The van der Waals surface area contributed by atoms with E-state index in [1.165, 1.54) is 12.8 Å². The van der Waals surface area contributed by atoms with Crippen LogP contribution in [-0.2, 0) is 0 Å². The lowest BCUT2D eigenvalue weighted by molar-refractivity contribution is 0.200. The summed E-state index contributed by atoms with van der Waals surface area (Å²) in [6, 6.07) is 2.49. The molecule has 98 valence electrons. The van der Waals surface area contributed by atoms with Crippen LogP contribution in [0.15, 0.2) is 0 Å². The van der Waals surface area contributed by atoms with Gasteiger partial charge in [-0.2, -0.15) is 5.26 Å². The molecule has 0 spiro atoms. The van der Waals surface area contributed by atoms with E-state index in [-0.39, 0.29) is 12.1 Å². The number of nitriles is 1. The van der Waals surface area contributed by atoms with Crippen LogP contribution in [0.3, 0.4) is 0 Å². The Morgan fingerprint density at radius 2 is 2.29 bits per heavy atom. The molecule has 1 saturated carbocycles. The van der Waals surface area contributed by atoms with Crippen LogP contribution >= 0.6 is 0 Å². The normalized spacial score (nSPS) is 29.2. The monoisotopic (exact) mass is 238 g/mol. The zero-order chi connectivity index (χ0) is 12.7. The molecule has 2 N–H and O–H groups in total. The lowest BCUT2D eigenvalue weighted by Gasteiger charge is -2.37. The molecule has 2 unspecified atom stereocenters. The summed E-state index contributed by atoms with van der Waals surface area (Å²) in [5.74, 6) is 1.40. The Hall–Kier alpha value is -0.590. The third kappa shape index (κ3) is 4.65. The maximum absolute atomic E-state index is 9.42. The van der Waals surface area contributed by atoms with E-state index in [1.807, 2.05) is 0 Å². The van der Waals surface area contributed by atoms with Crippen molar-refractivity contribution in [3.8, 4) is 6.07 Å². The van der Waals surface area contributed by atoms with Gasteiger partial charge in [-0.3, -0.25) is 5.32 Å². The molecule has 0 saturated heterocycles. The van der Waals surface area contributed by atoms with Gasteiger partial charge in [-0.1, -0.05) is 26.7 Å². The van der Waals surface area contributed by atoms with Crippen LogP contribution in [0.4, 0.5) is 0 Å². The van der Waals surface area contributed by atoms with Crippen molar-refractivity contribution in [3.63, 3.8) is 0 Å². The van der Waals surface area contributed by atoms with E-state index >= 15 is 0 Å². The summed E-state index contributed by atoms with van der Waals surface area (Å²) < 4.78 is 0. The lowest BCUT2D eigenvalue weighted by Crippen LogP contribution is -2.48. The maximum atomic E-state index is 9.42. The van der Waals surface area contributed by atoms with Crippen LogP contribution in [0.1, 0.15) is 52.4 Å². The van der Waals surface area contributed by atoms with Crippen molar-refractivity contribution in [2.45, 2.75) is 57.9 Å². The average Bonchev–Trinajstić information content (AvgIpc) is 2.29. The van der Waals surface area contributed by atoms with E-state index < -0.39 is 0 Å². The summed E-state index contributed by atoms with van der Waals surface area (Å²) in [7, 11) is 0. The Morgan fingerprint density at radius 1 is 1.53 bits per heavy atom. The van der Waals surface area contributed by atoms with Crippen LogP contribution in [0.2, 0.25) is 0 Å². The van der Waals surface area contributed by atoms with Gasteiger partial charge >= 0.3 is 0 Å². The molecule has 0 aliphatic heterocycles. The number of rotatable bonds is 6. The highest BCUT2D eigenvalue weighted by Gasteiger charge is 2.35. The Morgan fingerprint density at radius 3 is 2.88 bits per heavy atom. The Kier molecular flexibility index (Phi) is 5.94. The first-order chi connectivity index (χ1) is 8.12. The van der Waals surface area contributed by atoms with Gasteiger partial charge in [0.1, 0.15) is 5.54 Å². The van der Waals surface area contributed by atoms with Gasteiger partial charge in [0.05, 0.1) is 6.07 Å². The highest BCUT2D eigenvalue weighted by atomic mass is 16.3. The SMILES string of the molecule is CC(C)CC1CCCC(C#N)(NCCCO)C1. The summed E-state index contributed by atoms with van der Waals surface area (Å²) in [5.41, 5.74) is -0.326. The predicted octanol–water partition coefficient (Wildman–Crippen LogP) is 2.46. The Bertz CT molecular complexity index is 259. The van der Waals surface area contributed by atoms with Crippen molar-refractivity contribution in [2.24, 2.45) is 11.8 Å². The fraction of sp³-hybridized carbons (Fsp3) is 0.929. The van der Waals surface area contributed by atoms with Crippen LogP contribution in [-0.4, -0.2) is 23.8 Å². The zero-order valence-corrected chi connectivity index (χ0v) is 11.2. The minimum absolute atomic E-state index is 0.198. The van der Waals surface area contributed by atoms with Gasteiger partial charge in [-0.25, -0.2) is 0 Å². The molecule has 1 aliphatic carbocycles. The number of aliphatic hydroxyl groups excluding tert-OH is 1. The van der Waals surface area contributed by atoms with Crippen LogP contribution in [0, 0.1) is 23.2 Å². The Balaban J connectivity index is 2.50. The van der Waals surface area contributed by atoms with E-state index in [0.717, 1.165) is 32.2 Å². The molecule has 1 aliphatic rings. The van der Waals surface area contributed by atoms with Crippen LogP contribution in [0.5, 0.6) is 0 Å². The topological polar surface area (TPSA) is 56.0 Å². The first-order valence-electron chi connectivity index (χ1n) is 6.89. The number of hydrogen-bond donors (Lipinski definition) is 2. The Labute approximate surface area is 105 Å². The molecule has 1 rings (SSSR count). The second-order valence-electron chi connectivity index (χ2n) is 5.79. The van der Waals surface area contributed by atoms with E-state index in [4.69, 9.17) is 5.11 Å². The second kappa shape index (κ2) is 6.98. The van der Waals surface area contributed by atoms with Crippen molar-refractivity contribution in [3.05, 3.63) is 0 Å². The quantitative estimate of drug-likeness (QED) is 0.699. The maximum Gasteiger partial charge on any atom is 0.107 e. The van der Waals surface area contributed by atoms with Gasteiger partial charge < -0.3 is 5.11 Å². The summed E-state index contributed by atoms with van der Waals surface area (Å²) in [4.78, 5) is 0. The largest absolute Gasteiger partial charge is 0.396 e. The van der Waals surface area contributed by atoms with Gasteiger partial charge in [0, 0.05) is 6.61 Å². The van der Waals surface area contributed by atoms with Crippen molar-refractivity contribution in [2.75, 3.05) is 13.2 Å². The first-order valence-corrected chi connectivity index (χ1v) is 6.89. The lowest BCUT2D eigenvalue weighted by atomic mass is 9.74. The third-order valence-corrected chi connectivity index (χ3v) is 3.67. The van der Waals surface area contributed by atoms with E-state index in [9.17, 15) is 5.26 Å². The molecular weight excluding hydrogens is 212 g/mol. The first kappa shape index (κ1) is 14.5. The van der Waals surface area contributed by atoms with E-state index in [1.54, 1.807) is 0 Å². The van der Waals surface area contributed by atoms with Crippen LogP contribution in [0.25, 0.3) is 0 Å². The summed E-state index contributed by atoms with van der Waals surface area (Å²) in [5, 5.41) is 21.6. The molecule has 0 aromatic rings. The molecule has 2 atom stereocenters. The van der Waals surface area contributed by atoms with Crippen molar-refractivity contribution in [1.29, 1.82) is 5.26 Å². The standard InChI is InChI=1S/C14H26N2O/c1-12(2)9-13-5-3-6-14(10-13,11-15)16-7-4-8-17/h12-13,16-17H,3-10H2,1-2H3. The second-order valence-corrected chi connectivity index (χ2v) is 5.79. The molecule has 1 fully saturated rings. The van der Waals surface area contributed by atoms with Crippen molar-refractivity contribution >= 4 is 0 Å². The number of nitrogens with one attached hydrogen (secondary N) is 1. The summed E-state index contributed by atoms with van der Waals surface area (Å²) >= 11 is 0. The highest BCUT2D eigenvalue weighted by molar-refractivity contribution is 5.09. The van der Waals surface area contributed by atoms with E-state index in [2.05, 4.69) is 25.2 Å². The van der Waals surface area contributed by atoms with Crippen molar-refractivity contribution in [1.82, 2.24) is 5.32 Å². The van der Waals surface area contributed by atoms with Gasteiger partial charge in [-0.15, -0.1) is 0 Å². The molecule has 0 heterocycles. The van der Waals surface area contributed by atoms with Crippen molar-refractivity contribution < 1.29 is 5.11 Å². The molecule has 0 radical (unpaired) electrons. The molecule has 0 aromatic heterocycles. The molecule has 0 bridgehead atoms. The molecule has 17 heavy (non-hydrogen) atoms.